The van der Waals surface area contributed by atoms with Gasteiger partial charge in [0, 0.05) is 5.33 Å². The van der Waals surface area contributed by atoms with Crippen molar-refractivity contribution in [2.45, 2.75) is 12.8 Å². The monoisotopic (exact) mass is 254 g/mol. The predicted octanol–water partition coefficient (Wildman–Crippen LogP) is 3.39. The third kappa shape index (κ3) is 2.10. The Morgan fingerprint density at radius 3 is 3.00 bits per heavy atom. The lowest BCUT2D eigenvalue weighted by Crippen LogP contribution is -2.00. The minimum absolute atomic E-state index is 0.819. The summed E-state index contributed by atoms with van der Waals surface area (Å²) >= 11 is 3.44. The average molecular weight is 255 g/mol. The summed E-state index contributed by atoms with van der Waals surface area (Å²) in [5.41, 5.74) is 2.50. The van der Waals surface area contributed by atoms with E-state index in [4.69, 9.17) is 9.47 Å². The average Bonchev–Trinajstić information content (AvgIpc) is 2.30. The second-order valence-electron chi connectivity index (χ2n) is 3.13. The molecule has 1 aliphatic carbocycles. The first-order valence-corrected chi connectivity index (χ1v) is 5.65. The van der Waals surface area contributed by atoms with Gasteiger partial charge in [-0.25, -0.2) is 0 Å². The highest BCUT2D eigenvalue weighted by atomic mass is 79.9. The molecule has 0 aromatic rings. The van der Waals surface area contributed by atoms with Crippen molar-refractivity contribution in [1.29, 1.82) is 0 Å². The summed E-state index contributed by atoms with van der Waals surface area (Å²) in [6, 6.07) is 0. The van der Waals surface area contributed by atoms with E-state index in [2.05, 4.69) is 28.1 Å². The zero-order valence-corrected chi connectivity index (χ0v) is 9.29. The summed E-state index contributed by atoms with van der Waals surface area (Å²) < 4.78 is 10.4. The molecule has 0 aromatic carbocycles. The molecule has 0 saturated carbocycles. The maximum absolute atomic E-state index is 5.35. The van der Waals surface area contributed by atoms with Crippen molar-refractivity contribution < 1.29 is 9.47 Å². The molecule has 2 aliphatic rings. The van der Waals surface area contributed by atoms with Crippen LogP contribution in [0.4, 0.5) is 0 Å². The normalized spacial score (nSPS) is 20.2. The first-order valence-electron chi connectivity index (χ1n) is 4.53. The van der Waals surface area contributed by atoms with E-state index in [-0.39, 0.29) is 0 Å². The van der Waals surface area contributed by atoms with Crippen LogP contribution < -0.4 is 0 Å². The zero-order valence-electron chi connectivity index (χ0n) is 7.70. The van der Waals surface area contributed by atoms with Crippen LogP contribution in [0.2, 0.25) is 0 Å². The van der Waals surface area contributed by atoms with Crippen LogP contribution in [0.15, 0.2) is 47.8 Å². The van der Waals surface area contributed by atoms with Gasteiger partial charge in [-0.15, -0.1) is 0 Å². The Morgan fingerprint density at radius 2 is 2.29 bits per heavy atom. The first-order chi connectivity index (χ1) is 6.90. The smallest absolute Gasteiger partial charge is 0.164 e. The van der Waals surface area contributed by atoms with E-state index >= 15 is 0 Å². The van der Waals surface area contributed by atoms with E-state index < -0.39 is 0 Å². The van der Waals surface area contributed by atoms with Crippen LogP contribution in [-0.2, 0) is 9.47 Å². The van der Waals surface area contributed by atoms with Gasteiger partial charge in [0.25, 0.3) is 0 Å². The summed E-state index contributed by atoms with van der Waals surface area (Å²) in [4.78, 5) is 0. The summed E-state index contributed by atoms with van der Waals surface area (Å²) in [5, 5.41) is 0.889. The van der Waals surface area contributed by atoms with Crippen molar-refractivity contribution in [3.05, 3.63) is 47.8 Å². The Labute approximate surface area is 91.7 Å². The van der Waals surface area contributed by atoms with Gasteiger partial charge in [-0.1, -0.05) is 28.1 Å². The minimum atomic E-state index is 0.819. The summed E-state index contributed by atoms with van der Waals surface area (Å²) in [6.07, 6.45) is 11.2. The van der Waals surface area contributed by atoms with Crippen molar-refractivity contribution in [3.63, 3.8) is 0 Å². The van der Waals surface area contributed by atoms with Crippen LogP contribution >= 0.6 is 15.9 Å². The fourth-order valence-corrected chi connectivity index (χ4v) is 1.86. The van der Waals surface area contributed by atoms with Gasteiger partial charge in [-0.2, -0.15) is 0 Å². The standard InChI is InChI=1S/C11H11BrO2/c12-7-9-2-1-3-10(6-9)11-8-13-4-5-14-11/h2,4-6,8H,1,3,7H2. The Balaban J connectivity index is 2.14. The molecule has 74 valence electrons. The van der Waals surface area contributed by atoms with Crippen molar-refractivity contribution in [2.75, 3.05) is 5.33 Å². The van der Waals surface area contributed by atoms with E-state index in [1.54, 1.807) is 12.5 Å². The van der Waals surface area contributed by atoms with Crippen molar-refractivity contribution in [1.82, 2.24) is 0 Å². The highest BCUT2D eigenvalue weighted by molar-refractivity contribution is 9.09. The second kappa shape index (κ2) is 4.51. The molecule has 14 heavy (non-hydrogen) atoms. The molecule has 1 aliphatic heterocycles. The van der Waals surface area contributed by atoms with E-state index in [0.29, 0.717) is 0 Å². The molecule has 0 bridgehead atoms. The second-order valence-corrected chi connectivity index (χ2v) is 3.69. The molecule has 2 nitrogen and oxygen atoms in total. The third-order valence-electron chi connectivity index (χ3n) is 2.15. The van der Waals surface area contributed by atoms with Crippen molar-refractivity contribution in [3.8, 4) is 0 Å². The van der Waals surface area contributed by atoms with Crippen LogP contribution in [0.1, 0.15) is 12.8 Å². The largest absolute Gasteiger partial charge is 0.466 e. The molecular weight excluding hydrogens is 244 g/mol. The van der Waals surface area contributed by atoms with E-state index in [9.17, 15) is 0 Å². The summed E-state index contributed by atoms with van der Waals surface area (Å²) in [5.74, 6) is 0.819. The van der Waals surface area contributed by atoms with Gasteiger partial charge >= 0.3 is 0 Å². The lowest BCUT2D eigenvalue weighted by molar-refractivity contribution is 0.262. The fourth-order valence-electron chi connectivity index (χ4n) is 1.47. The molecule has 0 fully saturated rings. The van der Waals surface area contributed by atoms with E-state index in [1.165, 1.54) is 17.4 Å². The molecule has 0 spiro atoms. The van der Waals surface area contributed by atoms with E-state index in [1.807, 2.05) is 0 Å². The maximum Gasteiger partial charge on any atom is 0.164 e. The van der Waals surface area contributed by atoms with Crippen LogP contribution in [0, 0.1) is 0 Å². The number of rotatable bonds is 2. The Hall–Kier alpha value is -0.960. The molecule has 1 heterocycles. The number of halogens is 1. The SMILES string of the molecule is BrCC1=CCCC(C2=COC=CO2)=C1. The van der Waals surface area contributed by atoms with Crippen LogP contribution in [0.25, 0.3) is 0 Å². The third-order valence-corrected chi connectivity index (χ3v) is 2.80. The Bertz CT molecular complexity index is 337. The molecule has 3 heteroatoms. The Morgan fingerprint density at radius 1 is 1.36 bits per heavy atom. The van der Waals surface area contributed by atoms with Gasteiger partial charge in [-0.3, -0.25) is 0 Å². The number of ether oxygens (including phenoxy) is 2. The highest BCUT2D eigenvalue weighted by Gasteiger charge is 2.12. The molecule has 0 N–H and O–H groups in total. The minimum Gasteiger partial charge on any atom is -0.466 e. The number of allylic oxidation sites excluding steroid dienone is 4. The molecule has 0 radical (unpaired) electrons. The topological polar surface area (TPSA) is 18.5 Å². The van der Waals surface area contributed by atoms with Gasteiger partial charge in [0.15, 0.2) is 5.76 Å². The predicted molar refractivity (Wildman–Crippen MR) is 58.6 cm³/mol. The van der Waals surface area contributed by atoms with Crippen molar-refractivity contribution >= 4 is 15.9 Å². The summed E-state index contributed by atoms with van der Waals surface area (Å²) in [7, 11) is 0. The van der Waals surface area contributed by atoms with Crippen LogP contribution in [0.5, 0.6) is 0 Å². The van der Waals surface area contributed by atoms with Gasteiger partial charge < -0.3 is 9.47 Å². The lowest BCUT2D eigenvalue weighted by atomic mass is 9.99. The zero-order chi connectivity index (χ0) is 9.80. The number of hydrogen-bond donors (Lipinski definition) is 0. The Kier molecular flexibility index (Phi) is 3.09. The first kappa shape index (κ1) is 9.59. The molecule has 2 rings (SSSR count). The van der Waals surface area contributed by atoms with Crippen LogP contribution in [-0.4, -0.2) is 5.33 Å². The number of alkyl halides is 1. The molecule has 0 unspecified atom stereocenters. The summed E-state index contributed by atoms with van der Waals surface area (Å²) in [6.45, 7) is 0. The quantitative estimate of drug-likeness (QED) is 0.704. The molecule has 0 atom stereocenters. The van der Waals surface area contributed by atoms with Gasteiger partial charge in [0.2, 0.25) is 0 Å². The fraction of sp³-hybridized carbons (Fsp3) is 0.273. The molecule has 0 saturated heterocycles. The highest BCUT2D eigenvalue weighted by Crippen LogP contribution is 2.26. The molecular formula is C11H11BrO2. The number of hydrogen-bond acceptors (Lipinski definition) is 2. The van der Waals surface area contributed by atoms with Gasteiger partial charge in [0.1, 0.15) is 18.8 Å². The molecule has 0 amide bonds. The lowest BCUT2D eigenvalue weighted by Gasteiger charge is -2.16. The van der Waals surface area contributed by atoms with Crippen LogP contribution in [0.3, 0.4) is 0 Å². The maximum atomic E-state index is 5.35. The van der Waals surface area contributed by atoms with E-state index in [0.717, 1.165) is 23.9 Å². The van der Waals surface area contributed by atoms with Gasteiger partial charge in [-0.05, 0) is 24.0 Å². The van der Waals surface area contributed by atoms with Gasteiger partial charge in [0.05, 0.1) is 0 Å². The molecule has 0 aromatic heterocycles. The van der Waals surface area contributed by atoms with Crippen molar-refractivity contribution in [2.24, 2.45) is 0 Å².